The summed E-state index contributed by atoms with van der Waals surface area (Å²) in [5, 5.41) is 9.73. The van der Waals surface area contributed by atoms with Gasteiger partial charge in [0.1, 0.15) is 10.7 Å². The molecule has 4 rings (SSSR count). The number of nitrogens with one attached hydrogen (secondary N) is 1. The minimum Gasteiger partial charge on any atom is -0.465 e. The molecular formula is C29H32F4N4O4S. The Morgan fingerprint density at radius 1 is 1.05 bits per heavy atom. The SMILES string of the molecule is CC(C)(C)[C@@]1(C)CN(Cc2ccc(NS(=O)(=O)c3ccc(-c4ccc(F)cc4)nc3)cc2C(F)(F)F)CCN1C(=O)O. The van der Waals surface area contributed by atoms with Crippen LogP contribution in [-0.2, 0) is 22.7 Å². The van der Waals surface area contributed by atoms with E-state index in [9.17, 15) is 35.9 Å². The molecule has 0 saturated carbocycles. The van der Waals surface area contributed by atoms with E-state index in [2.05, 4.69) is 9.71 Å². The number of carbonyl (C=O) groups is 1. The molecule has 1 aliphatic rings. The van der Waals surface area contributed by atoms with E-state index in [-0.39, 0.29) is 42.3 Å². The summed E-state index contributed by atoms with van der Waals surface area (Å²) >= 11 is 0. The van der Waals surface area contributed by atoms with Crippen LogP contribution >= 0.6 is 0 Å². The summed E-state index contributed by atoms with van der Waals surface area (Å²) in [6.07, 6.45) is -4.78. The van der Waals surface area contributed by atoms with Crippen LogP contribution in [0, 0.1) is 11.2 Å². The van der Waals surface area contributed by atoms with Crippen LogP contribution in [0.15, 0.2) is 65.7 Å². The van der Waals surface area contributed by atoms with Gasteiger partial charge in [0.05, 0.1) is 16.8 Å². The molecule has 0 spiro atoms. The fourth-order valence-corrected chi connectivity index (χ4v) is 5.99. The van der Waals surface area contributed by atoms with Gasteiger partial charge in [0.15, 0.2) is 0 Å². The van der Waals surface area contributed by atoms with Gasteiger partial charge in [-0.2, -0.15) is 13.2 Å². The van der Waals surface area contributed by atoms with Crippen molar-refractivity contribution in [1.82, 2.24) is 14.8 Å². The van der Waals surface area contributed by atoms with Crippen LogP contribution in [-0.4, -0.2) is 59.6 Å². The average Bonchev–Trinajstić information content (AvgIpc) is 2.88. The van der Waals surface area contributed by atoms with E-state index in [0.29, 0.717) is 11.3 Å². The van der Waals surface area contributed by atoms with Crippen molar-refractivity contribution in [3.05, 3.63) is 77.7 Å². The highest BCUT2D eigenvalue weighted by Crippen LogP contribution is 2.40. The highest BCUT2D eigenvalue weighted by molar-refractivity contribution is 7.92. The number of alkyl halides is 3. The quantitative estimate of drug-likeness (QED) is 0.318. The minimum atomic E-state index is -4.77. The van der Waals surface area contributed by atoms with Crippen LogP contribution in [0.2, 0.25) is 0 Å². The molecule has 2 heterocycles. The first kappa shape index (κ1) is 31.2. The van der Waals surface area contributed by atoms with Crippen LogP contribution in [0.25, 0.3) is 11.3 Å². The number of amides is 1. The van der Waals surface area contributed by atoms with Crippen molar-refractivity contribution >= 4 is 21.8 Å². The Morgan fingerprint density at radius 3 is 2.26 bits per heavy atom. The number of hydrogen-bond donors (Lipinski definition) is 2. The first-order chi connectivity index (χ1) is 19.4. The van der Waals surface area contributed by atoms with E-state index in [1.807, 2.05) is 20.8 Å². The van der Waals surface area contributed by atoms with Gasteiger partial charge in [-0.1, -0.05) is 26.8 Å². The van der Waals surface area contributed by atoms with Crippen molar-refractivity contribution in [2.45, 2.75) is 50.9 Å². The molecule has 0 aliphatic carbocycles. The molecule has 3 aromatic rings. The zero-order valence-electron chi connectivity index (χ0n) is 23.5. The first-order valence-corrected chi connectivity index (χ1v) is 14.6. The van der Waals surface area contributed by atoms with E-state index >= 15 is 0 Å². The van der Waals surface area contributed by atoms with Gasteiger partial charge >= 0.3 is 12.3 Å². The molecule has 0 unspecified atom stereocenters. The fourth-order valence-electron chi connectivity index (χ4n) is 5.00. The normalized spacial score (nSPS) is 18.6. The van der Waals surface area contributed by atoms with Crippen LogP contribution < -0.4 is 4.72 Å². The lowest BCUT2D eigenvalue weighted by atomic mass is 9.72. The predicted octanol–water partition coefficient (Wildman–Crippen LogP) is 6.31. The van der Waals surface area contributed by atoms with E-state index in [4.69, 9.17) is 0 Å². The zero-order chi connectivity index (χ0) is 31.1. The van der Waals surface area contributed by atoms with E-state index in [0.717, 1.165) is 12.3 Å². The maximum Gasteiger partial charge on any atom is 0.416 e. The molecule has 1 atom stereocenters. The number of hydrogen-bond acceptors (Lipinski definition) is 5. The van der Waals surface area contributed by atoms with Crippen LogP contribution in [0.4, 0.5) is 28.0 Å². The Hall–Kier alpha value is -3.71. The highest BCUT2D eigenvalue weighted by atomic mass is 32.2. The molecule has 1 fully saturated rings. The van der Waals surface area contributed by atoms with Crippen molar-refractivity contribution in [3.63, 3.8) is 0 Å². The monoisotopic (exact) mass is 608 g/mol. The number of anilines is 1. The largest absolute Gasteiger partial charge is 0.465 e. The molecular weight excluding hydrogens is 576 g/mol. The third-order valence-corrected chi connectivity index (χ3v) is 9.23. The summed E-state index contributed by atoms with van der Waals surface area (Å²) in [5.74, 6) is -0.435. The van der Waals surface area contributed by atoms with Crippen LogP contribution in [0.1, 0.15) is 38.8 Å². The summed E-state index contributed by atoms with van der Waals surface area (Å²) in [6, 6.07) is 11.4. The lowest BCUT2D eigenvalue weighted by Crippen LogP contribution is -2.67. The Morgan fingerprint density at radius 2 is 1.71 bits per heavy atom. The predicted molar refractivity (Wildman–Crippen MR) is 150 cm³/mol. The molecule has 0 radical (unpaired) electrons. The van der Waals surface area contributed by atoms with E-state index in [1.54, 1.807) is 11.8 Å². The number of benzene rings is 2. The number of aromatic nitrogens is 1. The van der Waals surface area contributed by atoms with Crippen molar-refractivity contribution < 1.29 is 35.9 Å². The van der Waals surface area contributed by atoms with E-state index in [1.165, 1.54) is 53.4 Å². The van der Waals surface area contributed by atoms with Gasteiger partial charge in [0, 0.05) is 43.6 Å². The summed E-state index contributed by atoms with van der Waals surface area (Å²) in [4.78, 5) is 18.9. The highest BCUT2D eigenvalue weighted by Gasteiger charge is 2.48. The molecule has 2 N–H and O–H groups in total. The number of pyridine rings is 1. The minimum absolute atomic E-state index is 0.0594. The third kappa shape index (κ3) is 6.51. The lowest BCUT2D eigenvalue weighted by molar-refractivity contribution is -0.138. The molecule has 2 aromatic carbocycles. The molecule has 1 saturated heterocycles. The molecule has 0 bridgehead atoms. The number of piperazine rings is 1. The number of halogens is 4. The Balaban J connectivity index is 1.56. The summed E-state index contributed by atoms with van der Waals surface area (Å²) < 4.78 is 83.8. The molecule has 1 amide bonds. The number of sulfonamides is 1. The van der Waals surface area contributed by atoms with Crippen molar-refractivity contribution in [1.29, 1.82) is 0 Å². The van der Waals surface area contributed by atoms with Gasteiger partial charge in [-0.3, -0.25) is 19.5 Å². The van der Waals surface area contributed by atoms with Gasteiger partial charge in [0.2, 0.25) is 0 Å². The second-order valence-corrected chi connectivity index (χ2v) is 13.2. The molecule has 42 heavy (non-hydrogen) atoms. The van der Waals surface area contributed by atoms with Crippen molar-refractivity contribution in [2.75, 3.05) is 24.4 Å². The van der Waals surface area contributed by atoms with Gasteiger partial charge in [-0.25, -0.2) is 17.6 Å². The van der Waals surface area contributed by atoms with Crippen LogP contribution in [0.3, 0.4) is 0 Å². The van der Waals surface area contributed by atoms with Crippen LogP contribution in [0.5, 0.6) is 0 Å². The van der Waals surface area contributed by atoms with Crippen molar-refractivity contribution in [2.24, 2.45) is 5.41 Å². The fraction of sp³-hybridized carbons (Fsp3) is 0.379. The molecule has 1 aromatic heterocycles. The standard InChI is InChI=1S/C29H32F4N4O4S/c1-27(2,3)28(4)18-36(13-14-37(28)26(38)39)17-20-7-10-22(15-24(20)29(31,32)33)35-42(40,41)23-11-12-25(34-16-23)19-5-8-21(30)9-6-19/h5-12,15-16,35H,13-14,17-18H2,1-4H3,(H,38,39)/t28-/m1/s1. The first-order valence-electron chi connectivity index (χ1n) is 13.1. The third-order valence-electron chi connectivity index (χ3n) is 7.86. The molecule has 1 aliphatic heterocycles. The maximum absolute atomic E-state index is 14.2. The Labute approximate surface area is 242 Å². The summed E-state index contributed by atoms with van der Waals surface area (Å²) in [5.41, 5.74) is -1.73. The number of rotatable bonds is 6. The Bertz CT molecular complexity index is 1560. The van der Waals surface area contributed by atoms with Gasteiger partial charge in [0.25, 0.3) is 10.0 Å². The topological polar surface area (TPSA) is 103 Å². The number of carboxylic acid groups (broad SMARTS) is 1. The van der Waals surface area contributed by atoms with Crippen molar-refractivity contribution in [3.8, 4) is 11.3 Å². The van der Waals surface area contributed by atoms with Gasteiger partial charge in [-0.05, 0) is 66.4 Å². The average molecular weight is 609 g/mol. The summed E-state index contributed by atoms with van der Waals surface area (Å²) in [6.45, 7) is 7.95. The molecule has 8 nitrogen and oxygen atoms in total. The lowest BCUT2D eigenvalue weighted by Gasteiger charge is -2.54. The number of nitrogens with zero attached hydrogens (tertiary/aromatic N) is 3. The van der Waals surface area contributed by atoms with Gasteiger partial charge in [-0.15, -0.1) is 0 Å². The van der Waals surface area contributed by atoms with E-state index < -0.39 is 44.6 Å². The molecule has 226 valence electrons. The maximum atomic E-state index is 14.2. The zero-order valence-corrected chi connectivity index (χ0v) is 24.4. The smallest absolute Gasteiger partial charge is 0.416 e. The second kappa shape index (κ2) is 11.2. The second-order valence-electron chi connectivity index (χ2n) is 11.5. The molecule has 13 heteroatoms. The van der Waals surface area contributed by atoms with Gasteiger partial charge < -0.3 is 5.11 Å². The Kier molecular flexibility index (Phi) is 8.31. The summed E-state index contributed by atoms with van der Waals surface area (Å²) in [7, 11) is -4.28.